The molecule has 0 aliphatic heterocycles. The molecule has 23 heavy (non-hydrogen) atoms. The predicted molar refractivity (Wildman–Crippen MR) is 87.6 cm³/mol. The standard InChI is InChI=1S/C18H23NO4/c1-3-13(2)14-4-6-15(7-5-14)22-12-16-8-9-17(23-16)18(21)19-10-11-20/h4-9,13,20H,3,10-12H2,1-2H3,(H,19,21). The molecule has 0 aliphatic rings. The van der Waals surface area contributed by atoms with E-state index in [2.05, 4.69) is 31.3 Å². The Hall–Kier alpha value is -2.27. The van der Waals surface area contributed by atoms with Crippen LogP contribution < -0.4 is 10.1 Å². The van der Waals surface area contributed by atoms with Gasteiger partial charge < -0.3 is 19.6 Å². The zero-order chi connectivity index (χ0) is 16.7. The number of furan rings is 1. The van der Waals surface area contributed by atoms with Gasteiger partial charge in [0.25, 0.3) is 5.91 Å². The summed E-state index contributed by atoms with van der Waals surface area (Å²) in [4.78, 5) is 11.7. The van der Waals surface area contributed by atoms with Gasteiger partial charge in [0.2, 0.25) is 0 Å². The quantitative estimate of drug-likeness (QED) is 0.785. The van der Waals surface area contributed by atoms with Crippen molar-refractivity contribution in [3.63, 3.8) is 0 Å². The highest BCUT2D eigenvalue weighted by Gasteiger charge is 2.11. The van der Waals surface area contributed by atoms with E-state index in [4.69, 9.17) is 14.3 Å². The summed E-state index contributed by atoms with van der Waals surface area (Å²) in [6.07, 6.45) is 1.10. The van der Waals surface area contributed by atoms with Gasteiger partial charge in [-0.25, -0.2) is 0 Å². The van der Waals surface area contributed by atoms with Crippen LogP contribution in [-0.2, 0) is 6.61 Å². The molecular formula is C18H23NO4. The van der Waals surface area contributed by atoms with Crippen LogP contribution in [0, 0.1) is 0 Å². The zero-order valence-corrected chi connectivity index (χ0v) is 13.5. The fourth-order valence-corrected chi connectivity index (χ4v) is 2.12. The number of aliphatic hydroxyl groups excluding tert-OH is 1. The minimum absolute atomic E-state index is 0.102. The first-order valence-corrected chi connectivity index (χ1v) is 7.84. The Balaban J connectivity index is 1.88. The first-order chi connectivity index (χ1) is 11.1. The van der Waals surface area contributed by atoms with Crippen LogP contribution in [0.3, 0.4) is 0 Å². The van der Waals surface area contributed by atoms with Crippen molar-refractivity contribution in [3.8, 4) is 5.75 Å². The SMILES string of the molecule is CCC(C)c1ccc(OCc2ccc(C(=O)NCCO)o2)cc1. The third kappa shape index (κ3) is 4.86. The van der Waals surface area contributed by atoms with Crippen LogP contribution in [0.5, 0.6) is 5.75 Å². The maximum Gasteiger partial charge on any atom is 0.287 e. The Morgan fingerprint density at radius 1 is 1.26 bits per heavy atom. The second kappa shape index (κ2) is 8.39. The fourth-order valence-electron chi connectivity index (χ4n) is 2.12. The van der Waals surface area contributed by atoms with Crippen LogP contribution in [0.2, 0.25) is 0 Å². The van der Waals surface area contributed by atoms with Crippen LogP contribution in [0.15, 0.2) is 40.8 Å². The van der Waals surface area contributed by atoms with Crippen LogP contribution in [0.1, 0.15) is 48.1 Å². The molecule has 5 heteroatoms. The first kappa shape index (κ1) is 17.1. The van der Waals surface area contributed by atoms with Gasteiger partial charge in [-0.2, -0.15) is 0 Å². The number of amides is 1. The molecule has 0 fully saturated rings. The van der Waals surface area contributed by atoms with E-state index < -0.39 is 0 Å². The lowest BCUT2D eigenvalue weighted by molar-refractivity contribution is 0.0913. The summed E-state index contributed by atoms with van der Waals surface area (Å²) in [5.74, 6) is 1.74. The minimum atomic E-state index is -0.344. The van der Waals surface area contributed by atoms with Crippen molar-refractivity contribution in [2.45, 2.75) is 32.8 Å². The fraction of sp³-hybridized carbons (Fsp3) is 0.389. The third-order valence-corrected chi connectivity index (χ3v) is 3.73. The molecule has 0 spiro atoms. The van der Waals surface area contributed by atoms with Gasteiger partial charge in [0.05, 0.1) is 6.61 Å². The van der Waals surface area contributed by atoms with E-state index in [0.717, 1.165) is 12.2 Å². The Bertz CT molecular complexity index is 618. The van der Waals surface area contributed by atoms with Crippen LogP contribution in [0.4, 0.5) is 0 Å². The highest BCUT2D eigenvalue weighted by molar-refractivity contribution is 5.91. The Morgan fingerprint density at radius 3 is 2.65 bits per heavy atom. The Labute approximate surface area is 136 Å². The molecular weight excluding hydrogens is 294 g/mol. The smallest absolute Gasteiger partial charge is 0.287 e. The van der Waals surface area contributed by atoms with Gasteiger partial charge in [-0.3, -0.25) is 4.79 Å². The predicted octanol–water partition coefficient (Wildman–Crippen LogP) is 3.09. The number of carbonyl (C=O) groups is 1. The molecule has 2 aromatic rings. The van der Waals surface area contributed by atoms with E-state index in [1.54, 1.807) is 12.1 Å². The Kier molecular flexibility index (Phi) is 6.23. The van der Waals surface area contributed by atoms with Gasteiger partial charge in [0.15, 0.2) is 5.76 Å². The topological polar surface area (TPSA) is 71.7 Å². The molecule has 5 nitrogen and oxygen atoms in total. The highest BCUT2D eigenvalue weighted by Crippen LogP contribution is 2.22. The zero-order valence-electron chi connectivity index (χ0n) is 13.5. The number of aliphatic hydroxyl groups is 1. The summed E-state index contributed by atoms with van der Waals surface area (Å²) in [7, 11) is 0. The average Bonchev–Trinajstić information content (AvgIpc) is 3.06. The first-order valence-electron chi connectivity index (χ1n) is 7.84. The number of rotatable bonds is 8. The average molecular weight is 317 g/mol. The number of ether oxygens (including phenoxy) is 1. The van der Waals surface area contributed by atoms with Crippen LogP contribution >= 0.6 is 0 Å². The molecule has 1 unspecified atom stereocenters. The summed E-state index contributed by atoms with van der Waals surface area (Å²) in [6, 6.07) is 11.3. The van der Waals surface area contributed by atoms with Gasteiger partial charge in [-0.15, -0.1) is 0 Å². The lowest BCUT2D eigenvalue weighted by Gasteiger charge is -2.10. The normalized spacial score (nSPS) is 12.0. The molecule has 1 amide bonds. The van der Waals surface area contributed by atoms with Crippen LogP contribution in [-0.4, -0.2) is 24.2 Å². The second-order valence-corrected chi connectivity index (χ2v) is 5.41. The highest BCUT2D eigenvalue weighted by atomic mass is 16.5. The molecule has 2 rings (SSSR count). The molecule has 124 valence electrons. The summed E-state index contributed by atoms with van der Waals surface area (Å²) in [6.45, 7) is 4.72. The molecule has 1 aromatic heterocycles. The second-order valence-electron chi connectivity index (χ2n) is 5.41. The summed E-state index contributed by atoms with van der Waals surface area (Å²) < 4.78 is 11.1. The largest absolute Gasteiger partial charge is 0.486 e. The minimum Gasteiger partial charge on any atom is -0.486 e. The van der Waals surface area contributed by atoms with Crippen molar-refractivity contribution < 1.29 is 19.1 Å². The molecule has 1 aromatic carbocycles. The monoisotopic (exact) mass is 317 g/mol. The maximum absolute atomic E-state index is 11.7. The van der Waals surface area contributed by atoms with Crippen molar-refractivity contribution in [2.24, 2.45) is 0 Å². The lowest BCUT2D eigenvalue weighted by atomic mass is 9.99. The van der Waals surface area contributed by atoms with E-state index in [1.807, 2.05) is 12.1 Å². The molecule has 0 saturated carbocycles. The van der Waals surface area contributed by atoms with Crippen molar-refractivity contribution in [1.29, 1.82) is 0 Å². The van der Waals surface area contributed by atoms with Crippen LogP contribution in [0.25, 0.3) is 0 Å². The van der Waals surface area contributed by atoms with Crippen molar-refractivity contribution in [2.75, 3.05) is 13.2 Å². The van der Waals surface area contributed by atoms with Gasteiger partial charge in [0.1, 0.15) is 18.1 Å². The number of nitrogens with one attached hydrogen (secondary N) is 1. The van der Waals surface area contributed by atoms with E-state index in [0.29, 0.717) is 11.7 Å². The van der Waals surface area contributed by atoms with Gasteiger partial charge in [0, 0.05) is 6.54 Å². The van der Waals surface area contributed by atoms with E-state index in [-0.39, 0.29) is 31.4 Å². The number of hydrogen-bond acceptors (Lipinski definition) is 4. The van der Waals surface area contributed by atoms with Gasteiger partial charge in [-0.05, 0) is 42.2 Å². The van der Waals surface area contributed by atoms with E-state index in [1.165, 1.54) is 5.56 Å². The van der Waals surface area contributed by atoms with Crippen molar-refractivity contribution in [1.82, 2.24) is 5.32 Å². The maximum atomic E-state index is 11.7. The van der Waals surface area contributed by atoms with Crippen molar-refractivity contribution in [3.05, 3.63) is 53.5 Å². The molecule has 0 aliphatic carbocycles. The van der Waals surface area contributed by atoms with Crippen molar-refractivity contribution >= 4 is 5.91 Å². The van der Waals surface area contributed by atoms with E-state index in [9.17, 15) is 4.79 Å². The molecule has 0 bridgehead atoms. The Morgan fingerprint density at radius 2 is 2.00 bits per heavy atom. The molecule has 0 radical (unpaired) electrons. The summed E-state index contributed by atoms with van der Waals surface area (Å²) >= 11 is 0. The summed E-state index contributed by atoms with van der Waals surface area (Å²) in [5, 5.41) is 11.2. The number of benzene rings is 1. The number of hydrogen-bond donors (Lipinski definition) is 2. The summed E-state index contributed by atoms with van der Waals surface area (Å²) in [5.41, 5.74) is 1.29. The number of carbonyl (C=O) groups excluding carboxylic acids is 1. The van der Waals surface area contributed by atoms with E-state index >= 15 is 0 Å². The molecule has 1 heterocycles. The third-order valence-electron chi connectivity index (χ3n) is 3.73. The molecule has 0 saturated heterocycles. The molecule has 1 atom stereocenters. The van der Waals surface area contributed by atoms with Gasteiger partial charge >= 0.3 is 0 Å². The molecule has 2 N–H and O–H groups in total. The van der Waals surface area contributed by atoms with Gasteiger partial charge in [-0.1, -0.05) is 26.0 Å². The lowest BCUT2D eigenvalue weighted by Crippen LogP contribution is -2.25.